The maximum Gasteiger partial charge on any atom is 0.373 e. The summed E-state index contributed by atoms with van der Waals surface area (Å²) in [6.07, 6.45) is 6.24. The highest BCUT2D eigenvalue weighted by atomic mass is 16.6. The van der Waals surface area contributed by atoms with Crippen LogP contribution in [0.1, 0.15) is 17.9 Å². The van der Waals surface area contributed by atoms with Gasteiger partial charge in [-0.1, -0.05) is 18.2 Å². The number of allylic oxidation sites excluding steroid dienone is 2. The van der Waals surface area contributed by atoms with Gasteiger partial charge in [-0.05, 0) is 24.1 Å². The third-order valence-corrected chi connectivity index (χ3v) is 4.06. The molecule has 0 amide bonds. The van der Waals surface area contributed by atoms with E-state index in [0.717, 1.165) is 12.0 Å². The lowest BCUT2D eigenvalue weighted by molar-refractivity contribution is -0.384. The first kappa shape index (κ1) is 14.3. The number of carbonyl (C=O) groups is 1. The van der Waals surface area contributed by atoms with Crippen LogP contribution < -0.4 is 0 Å². The molecule has 1 aliphatic carbocycles. The minimum atomic E-state index is -0.533. The van der Waals surface area contributed by atoms with E-state index in [1.165, 1.54) is 13.2 Å². The predicted molar refractivity (Wildman–Crippen MR) is 78.1 cm³/mol. The Hall–Kier alpha value is -2.63. The maximum atomic E-state index is 11.8. The molecule has 0 bridgehead atoms. The largest absolute Gasteiger partial charge is 0.479 e. The summed E-state index contributed by atoms with van der Waals surface area (Å²) in [4.78, 5) is 22.3. The Morgan fingerprint density at radius 2 is 2.27 bits per heavy atom. The fourth-order valence-electron chi connectivity index (χ4n) is 3.00. The maximum absolute atomic E-state index is 11.8. The minimum absolute atomic E-state index is 0.0412. The van der Waals surface area contributed by atoms with Gasteiger partial charge in [0, 0.05) is 24.0 Å². The Morgan fingerprint density at radius 1 is 1.45 bits per heavy atom. The molecule has 2 aliphatic rings. The Labute approximate surface area is 127 Å². The number of non-ortho nitro benzene ring substituents is 1. The van der Waals surface area contributed by atoms with Crippen molar-refractivity contribution < 1.29 is 19.2 Å². The molecule has 0 radical (unpaired) electrons. The number of methoxy groups -OCH3 is 1. The van der Waals surface area contributed by atoms with Gasteiger partial charge in [0.2, 0.25) is 5.76 Å². The van der Waals surface area contributed by atoms with Crippen molar-refractivity contribution in [3.63, 3.8) is 0 Å². The number of ether oxygens (including phenoxy) is 2. The summed E-state index contributed by atoms with van der Waals surface area (Å²) in [5.41, 5.74) is 0.845. The molecule has 1 aliphatic heterocycles. The first-order valence-corrected chi connectivity index (χ1v) is 6.98. The molecular weight excluding hydrogens is 286 g/mol. The lowest BCUT2D eigenvalue weighted by atomic mass is 9.81. The van der Waals surface area contributed by atoms with Gasteiger partial charge in [0.25, 0.3) is 5.69 Å². The van der Waals surface area contributed by atoms with Crippen molar-refractivity contribution in [1.29, 1.82) is 0 Å². The van der Waals surface area contributed by atoms with Crippen molar-refractivity contribution in [3.05, 3.63) is 63.9 Å². The Balaban J connectivity index is 2.00. The van der Waals surface area contributed by atoms with E-state index in [0.29, 0.717) is 0 Å². The lowest BCUT2D eigenvalue weighted by Crippen LogP contribution is -2.30. The van der Waals surface area contributed by atoms with Gasteiger partial charge in [0.1, 0.15) is 6.10 Å². The zero-order chi connectivity index (χ0) is 15.7. The lowest BCUT2D eigenvalue weighted by Gasteiger charge is -2.32. The molecule has 0 fully saturated rings. The molecular formula is C16H15NO5. The molecule has 22 heavy (non-hydrogen) atoms. The van der Waals surface area contributed by atoms with Crippen LogP contribution >= 0.6 is 0 Å². The molecule has 0 saturated carbocycles. The number of esters is 1. The summed E-state index contributed by atoms with van der Waals surface area (Å²) in [7, 11) is 1.30. The number of hydrogen-bond acceptors (Lipinski definition) is 5. The normalized spacial score (nSPS) is 25.9. The van der Waals surface area contributed by atoms with Crippen LogP contribution in [-0.4, -0.2) is 24.1 Å². The first-order chi connectivity index (χ1) is 10.6. The summed E-state index contributed by atoms with van der Waals surface area (Å²) in [5, 5.41) is 11.0. The predicted octanol–water partition coefficient (Wildman–Crippen LogP) is 2.71. The van der Waals surface area contributed by atoms with Crippen LogP contribution in [0.25, 0.3) is 0 Å². The molecule has 1 heterocycles. The van der Waals surface area contributed by atoms with E-state index in [4.69, 9.17) is 9.47 Å². The van der Waals surface area contributed by atoms with Gasteiger partial charge in [-0.15, -0.1) is 0 Å². The number of nitro benzene ring substituents is 1. The number of nitro groups is 1. The van der Waals surface area contributed by atoms with E-state index in [-0.39, 0.29) is 29.4 Å². The number of fused-ring (bicyclic) bond motifs is 1. The van der Waals surface area contributed by atoms with Crippen molar-refractivity contribution >= 4 is 11.7 Å². The molecule has 0 unspecified atom stereocenters. The van der Waals surface area contributed by atoms with Crippen molar-refractivity contribution in [2.45, 2.75) is 18.4 Å². The highest BCUT2D eigenvalue weighted by Gasteiger charge is 2.38. The first-order valence-electron chi connectivity index (χ1n) is 6.98. The van der Waals surface area contributed by atoms with Crippen LogP contribution in [-0.2, 0) is 14.3 Å². The second-order valence-electron chi connectivity index (χ2n) is 5.31. The quantitative estimate of drug-likeness (QED) is 0.371. The smallest absolute Gasteiger partial charge is 0.373 e. The highest BCUT2D eigenvalue weighted by Crippen LogP contribution is 2.42. The van der Waals surface area contributed by atoms with Crippen LogP contribution in [0.4, 0.5) is 5.69 Å². The van der Waals surface area contributed by atoms with E-state index in [2.05, 4.69) is 0 Å². The summed E-state index contributed by atoms with van der Waals surface area (Å²) in [6, 6.07) is 6.50. The topological polar surface area (TPSA) is 78.7 Å². The standard InChI is InChI=1S/C16H15NO5/c1-21-16(18)15-9-13(12-6-3-7-14(12)22-15)10-4-2-5-11(8-10)17(19)20/h2-5,7-9,12-14H,6H2,1H3/t12-,13+,14-/m0/s1. The molecule has 0 spiro atoms. The van der Waals surface area contributed by atoms with Gasteiger partial charge in [-0.2, -0.15) is 0 Å². The van der Waals surface area contributed by atoms with Crippen LogP contribution in [0.2, 0.25) is 0 Å². The number of rotatable bonds is 3. The summed E-state index contributed by atoms with van der Waals surface area (Å²) in [5.74, 6) is -0.362. The van der Waals surface area contributed by atoms with E-state index < -0.39 is 10.9 Å². The van der Waals surface area contributed by atoms with Gasteiger partial charge < -0.3 is 9.47 Å². The Bertz CT molecular complexity index is 679. The van der Waals surface area contributed by atoms with Crippen molar-refractivity contribution in [1.82, 2.24) is 0 Å². The second-order valence-corrected chi connectivity index (χ2v) is 5.31. The molecule has 114 valence electrons. The fourth-order valence-corrected chi connectivity index (χ4v) is 3.00. The SMILES string of the molecule is COC(=O)C1=C[C@H](c2cccc([N+](=O)[O-])c2)[C@@H]2CC=C[C@@H]2O1. The Kier molecular flexibility index (Phi) is 3.66. The summed E-state index contributed by atoms with van der Waals surface area (Å²) < 4.78 is 10.4. The molecule has 3 rings (SSSR count). The average molecular weight is 301 g/mol. The molecule has 0 aromatic heterocycles. The van der Waals surface area contributed by atoms with Gasteiger partial charge >= 0.3 is 5.97 Å². The third kappa shape index (κ3) is 2.47. The molecule has 0 saturated heterocycles. The fraction of sp³-hybridized carbons (Fsp3) is 0.312. The van der Waals surface area contributed by atoms with Crippen LogP contribution in [0, 0.1) is 16.0 Å². The molecule has 6 nitrogen and oxygen atoms in total. The molecule has 1 aromatic carbocycles. The molecule has 3 atom stereocenters. The zero-order valence-corrected chi connectivity index (χ0v) is 12.0. The average Bonchev–Trinajstić information content (AvgIpc) is 3.01. The highest BCUT2D eigenvalue weighted by molar-refractivity contribution is 5.86. The van der Waals surface area contributed by atoms with E-state index in [1.807, 2.05) is 18.2 Å². The number of hydrogen-bond donors (Lipinski definition) is 0. The third-order valence-electron chi connectivity index (χ3n) is 4.06. The second kappa shape index (κ2) is 5.63. The van der Waals surface area contributed by atoms with Crippen molar-refractivity contribution in [3.8, 4) is 0 Å². The molecule has 0 N–H and O–H groups in total. The molecule has 6 heteroatoms. The minimum Gasteiger partial charge on any atom is -0.479 e. The van der Waals surface area contributed by atoms with E-state index in [9.17, 15) is 14.9 Å². The van der Waals surface area contributed by atoms with Gasteiger partial charge in [0.15, 0.2) is 0 Å². The van der Waals surface area contributed by atoms with E-state index >= 15 is 0 Å². The van der Waals surface area contributed by atoms with Crippen LogP contribution in [0.15, 0.2) is 48.3 Å². The summed E-state index contributed by atoms with van der Waals surface area (Å²) >= 11 is 0. The number of benzene rings is 1. The van der Waals surface area contributed by atoms with Gasteiger partial charge in [0.05, 0.1) is 12.0 Å². The van der Waals surface area contributed by atoms with Crippen LogP contribution in [0.3, 0.4) is 0 Å². The number of nitrogens with zero attached hydrogens (tertiary/aromatic N) is 1. The zero-order valence-electron chi connectivity index (χ0n) is 12.0. The van der Waals surface area contributed by atoms with Crippen LogP contribution in [0.5, 0.6) is 0 Å². The van der Waals surface area contributed by atoms with Crippen molar-refractivity contribution in [2.75, 3.05) is 7.11 Å². The number of carbonyl (C=O) groups excluding carboxylic acids is 1. The van der Waals surface area contributed by atoms with Crippen molar-refractivity contribution in [2.24, 2.45) is 5.92 Å². The van der Waals surface area contributed by atoms with Gasteiger partial charge in [-0.25, -0.2) is 4.79 Å². The van der Waals surface area contributed by atoms with Gasteiger partial charge in [-0.3, -0.25) is 10.1 Å². The van der Waals surface area contributed by atoms with E-state index in [1.54, 1.807) is 18.2 Å². The Morgan fingerprint density at radius 3 is 3.00 bits per heavy atom. The summed E-state index contributed by atoms with van der Waals surface area (Å²) in [6.45, 7) is 0. The monoisotopic (exact) mass is 301 g/mol. The molecule has 1 aromatic rings.